The van der Waals surface area contributed by atoms with E-state index in [9.17, 15) is 4.91 Å². The van der Waals surface area contributed by atoms with E-state index in [1.54, 1.807) is 24.3 Å². The summed E-state index contributed by atoms with van der Waals surface area (Å²) >= 11 is 0. The molecule has 3 aromatic carbocycles. The Bertz CT molecular complexity index is 813. The molecule has 0 saturated heterocycles. The van der Waals surface area contributed by atoms with Crippen LogP contribution >= 0.6 is 0 Å². The standard InChI is InChI=1S/C19H17N3O2/c1-14-2-6-16(7-3-14)22(17-8-4-15(21-23)5-9-17)18-10-12-19(24-20)13-11-18/h2-13H,20H2,1H3. The summed E-state index contributed by atoms with van der Waals surface area (Å²) in [5.41, 5.74) is 4.47. The number of hydrogen-bond donors (Lipinski definition) is 1. The average Bonchev–Trinajstić information content (AvgIpc) is 2.64. The van der Waals surface area contributed by atoms with Crippen molar-refractivity contribution in [2.45, 2.75) is 6.92 Å². The number of nitrogens with zero attached hydrogens (tertiary/aromatic N) is 2. The highest BCUT2D eigenvalue weighted by molar-refractivity contribution is 5.77. The van der Waals surface area contributed by atoms with E-state index in [4.69, 9.17) is 10.7 Å². The summed E-state index contributed by atoms with van der Waals surface area (Å²) in [7, 11) is 0. The molecule has 0 aliphatic heterocycles. The molecule has 0 spiro atoms. The Morgan fingerprint density at radius 3 is 1.71 bits per heavy atom. The van der Waals surface area contributed by atoms with Gasteiger partial charge in [0.1, 0.15) is 11.4 Å². The molecule has 120 valence electrons. The van der Waals surface area contributed by atoms with Crippen molar-refractivity contribution in [2.75, 3.05) is 4.90 Å². The Balaban J connectivity index is 2.07. The first kappa shape index (κ1) is 15.7. The van der Waals surface area contributed by atoms with Crippen LogP contribution in [-0.4, -0.2) is 0 Å². The lowest BCUT2D eigenvalue weighted by Crippen LogP contribution is -2.10. The number of hydrogen-bond acceptors (Lipinski definition) is 5. The zero-order valence-electron chi connectivity index (χ0n) is 13.2. The lowest BCUT2D eigenvalue weighted by atomic mass is 10.1. The highest BCUT2D eigenvalue weighted by Crippen LogP contribution is 2.35. The zero-order chi connectivity index (χ0) is 16.9. The highest BCUT2D eigenvalue weighted by Gasteiger charge is 2.12. The molecule has 0 aromatic heterocycles. The average molecular weight is 319 g/mol. The molecule has 0 unspecified atom stereocenters. The van der Waals surface area contributed by atoms with Crippen LogP contribution in [0.3, 0.4) is 0 Å². The molecule has 0 amide bonds. The van der Waals surface area contributed by atoms with E-state index in [-0.39, 0.29) is 0 Å². The first-order chi connectivity index (χ1) is 11.7. The minimum Gasteiger partial charge on any atom is -0.412 e. The molecule has 0 aliphatic rings. The van der Waals surface area contributed by atoms with Crippen molar-refractivity contribution in [1.29, 1.82) is 0 Å². The van der Waals surface area contributed by atoms with Crippen LogP contribution in [0, 0.1) is 11.8 Å². The molecular formula is C19H17N3O2. The van der Waals surface area contributed by atoms with Crippen molar-refractivity contribution >= 4 is 22.7 Å². The Morgan fingerprint density at radius 1 is 0.792 bits per heavy atom. The maximum atomic E-state index is 10.6. The van der Waals surface area contributed by atoms with Gasteiger partial charge in [0.2, 0.25) is 0 Å². The summed E-state index contributed by atoms with van der Waals surface area (Å²) < 4.78 is 0. The Kier molecular flexibility index (Phi) is 4.54. The van der Waals surface area contributed by atoms with Gasteiger partial charge in [0.15, 0.2) is 0 Å². The third-order valence-corrected chi connectivity index (χ3v) is 3.74. The fraction of sp³-hybridized carbons (Fsp3) is 0.0526. The summed E-state index contributed by atoms with van der Waals surface area (Å²) in [4.78, 5) is 17.5. The van der Waals surface area contributed by atoms with Crippen LogP contribution in [0.4, 0.5) is 22.7 Å². The maximum Gasteiger partial charge on any atom is 0.146 e. The largest absolute Gasteiger partial charge is 0.412 e. The molecule has 0 fully saturated rings. The van der Waals surface area contributed by atoms with Gasteiger partial charge in [-0.1, -0.05) is 17.7 Å². The molecule has 5 nitrogen and oxygen atoms in total. The van der Waals surface area contributed by atoms with Crippen LogP contribution < -0.4 is 15.6 Å². The highest BCUT2D eigenvalue weighted by atomic mass is 16.6. The Hall–Kier alpha value is -3.18. The minimum atomic E-state index is 0.398. The number of benzene rings is 3. The van der Waals surface area contributed by atoms with Gasteiger partial charge in [-0.25, -0.2) is 0 Å². The molecule has 0 saturated carbocycles. The van der Waals surface area contributed by atoms with Gasteiger partial charge < -0.3 is 9.74 Å². The van der Waals surface area contributed by atoms with Gasteiger partial charge in [-0.15, -0.1) is 4.91 Å². The van der Waals surface area contributed by atoms with Crippen molar-refractivity contribution < 1.29 is 4.84 Å². The van der Waals surface area contributed by atoms with E-state index in [0.29, 0.717) is 11.4 Å². The summed E-state index contributed by atoms with van der Waals surface area (Å²) in [5.74, 6) is 5.78. The second kappa shape index (κ2) is 6.93. The van der Waals surface area contributed by atoms with Crippen molar-refractivity contribution in [1.82, 2.24) is 0 Å². The van der Waals surface area contributed by atoms with Crippen LogP contribution in [0.5, 0.6) is 5.75 Å². The minimum absolute atomic E-state index is 0.398. The molecule has 3 aromatic rings. The fourth-order valence-corrected chi connectivity index (χ4v) is 2.48. The third-order valence-electron chi connectivity index (χ3n) is 3.74. The van der Waals surface area contributed by atoms with E-state index >= 15 is 0 Å². The van der Waals surface area contributed by atoms with Gasteiger partial charge in [-0.2, -0.15) is 5.90 Å². The van der Waals surface area contributed by atoms with E-state index in [2.05, 4.69) is 34.3 Å². The summed E-state index contributed by atoms with van der Waals surface area (Å²) in [6.45, 7) is 2.05. The number of aryl methyl sites for hydroxylation is 1. The molecule has 0 radical (unpaired) electrons. The van der Waals surface area contributed by atoms with Gasteiger partial charge in [-0.3, -0.25) is 0 Å². The van der Waals surface area contributed by atoms with Gasteiger partial charge >= 0.3 is 0 Å². The smallest absolute Gasteiger partial charge is 0.146 e. The summed E-state index contributed by atoms with van der Waals surface area (Å²) in [6.07, 6.45) is 0. The predicted molar refractivity (Wildman–Crippen MR) is 96.1 cm³/mol. The van der Waals surface area contributed by atoms with E-state index in [0.717, 1.165) is 17.1 Å². The molecular weight excluding hydrogens is 302 g/mol. The number of anilines is 3. The van der Waals surface area contributed by atoms with E-state index in [1.165, 1.54) is 5.56 Å². The fourth-order valence-electron chi connectivity index (χ4n) is 2.48. The van der Waals surface area contributed by atoms with Crippen LogP contribution in [0.1, 0.15) is 5.56 Å². The molecule has 24 heavy (non-hydrogen) atoms. The molecule has 0 atom stereocenters. The second-order valence-corrected chi connectivity index (χ2v) is 5.39. The number of rotatable bonds is 5. The van der Waals surface area contributed by atoms with E-state index < -0.39 is 0 Å². The monoisotopic (exact) mass is 319 g/mol. The first-order valence-electron chi connectivity index (χ1n) is 7.48. The zero-order valence-corrected chi connectivity index (χ0v) is 13.2. The Morgan fingerprint density at radius 2 is 1.25 bits per heavy atom. The maximum absolute atomic E-state index is 10.6. The van der Waals surface area contributed by atoms with Crippen molar-refractivity contribution in [3.63, 3.8) is 0 Å². The van der Waals surface area contributed by atoms with Crippen LogP contribution in [0.2, 0.25) is 0 Å². The normalized spacial score (nSPS) is 10.2. The molecule has 2 N–H and O–H groups in total. The first-order valence-corrected chi connectivity index (χ1v) is 7.48. The third kappa shape index (κ3) is 3.26. The van der Waals surface area contributed by atoms with E-state index in [1.807, 2.05) is 31.2 Å². The quantitative estimate of drug-likeness (QED) is 0.524. The lowest BCUT2D eigenvalue weighted by Gasteiger charge is -2.25. The van der Waals surface area contributed by atoms with Gasteiger partial charge in [0.05, 0.1) is 0 Å². The number of nitrogens with two attached hydrogens (primary N) is 1. The van der Waals surface area contributed by atoms with Crippen LogP contribution in [0.25, 0.3) is 0 Å². The molecule has 0 aliphatic carbocycles. The predicted octanol–water partition coefficient (Wildman–Crippen LogP) is 5.12. The van der Waals surface area contributed by atoms with Crippen LogP contribution in [-0.2, 0) is 0 Å². The van der Waals surface area contributed by atoms with Gasteiger partial charge in [0, 0.05) is 17.1 Å². The van der Waals surface area contributed by atoms with Crippen LogP contribution in [0.15, 0.2) is 78.0 Å². The van der Waals surface area contributed by atoms with Crippen molar-refractivity contribution in [3.8, 4) is 5.75 Å². The van der Waals surface area contributed by atoms with Crippen molar-refractivity contribution in [3.05, 3.63) is 83.3 Å². The molecule has 0 heterocycles. The second-order valence-electron chi connectivity index (χ2n) is 5.39. The summed E-state index contributed by atoms with van der Waals surface area (Å²) in [5, 5.41) is 2.95. The summed E-state index contributed by atoms with van der Waals surface area (Å²) in [6, 6.07) is 22.8. The molecule has 5 heteroatoms. The topological polar surface area (TPSA) is 67.9 Å². The molecule has 3 rings (SSSR count). The number of nitroso groups, excluding NO2 is 1. The lowest BCUT2D eigenvalue weighted by molar-refractivity contribution is 0.334. The van der Waals surface area contributed by atoms with Gasteiger partial charge in [-0.05, 0) is 72.8 Å². The Labute approximate surface area is 140 Å². The SMILES string of the molecule is Cc1ccc(N(c2ccc(N=O)cc2)c2ccc(ON)cc2)cc1. The van der Waals surface area contributed by atoms with Gasteiger partial charge in [0.25, 0.3) is 0 Å². The molecule has 0 bridgehead atoms. The van der Waals surface area contributed by atoms with Crippen molar-refractivity contribution in [2.24, 2.45) is 11.1 Å².